The minimum Gasteiger partial charge on any atom is -0.496 e. The molecule has 8 heteroatoms. The van der Waals surface area contributed by atoms with Crippen molar-refractivity contribution in [3.63, 3.8) is 0 Å². The van der Waals surface area contributed by atoms with Gasteiger partial charge in [-0.1, -0.05) is 24.3 Å². The summed E-state index contributed by atoms with van der Waals surface area (Å²) < 4.78 is 11.0. The Morgan fingerprint density at radius 3 is 1.25 bits per heavy atom. The van der Waals surface area contributed by atoms with Crippen molar-refractivity contribution < 1.29 is 19.3 Å². The summed E-state index contributed by atoms with van der Waals surface area (Å²) in [4.78, 5) is 20.7. The lowest BCUT2D eigenvalue weighted by molar-refractivity contribution is -0.385. The first-order valence-electron chi connectivity index (χ1n) is 9.52. The number of ether oxygens (including phenoxy) is 2. The summed E-state index contributed by atoms with van der Waals surface area (Å²) in [6, 6.07) is 16.1. The summed E-state index contributed by atoms with van der Waals surface area (Å²) in [5.41, 5.74) is 3.22. The predicted molar refractivity (Wildman–Crippen MR) is 124 cm³/mol. The van der Waals surface area contributed by atoms with Crippen LogP contribution in [0.4, 0.5) is 11.4 Å². The van der Waals surface area contributed by atoms with E-state index in [0.29, 0.717) is 11.5 Å². The Kier molecular flexibility index (Phi) is 6.97. The number of benzene rings is 3. The lowest BCUT2D eigenvalue weighted by Crippen LogP contribution is -1.93. The Bertz CT molecular complexity index is 1090. The number of hydrogen-bond donors (Lipinski definition) is 0. The highest BCUT2D eigenvalue weighted by Gasteiger charge is 2.09. The van der Waals surface area contributed by atoms with Crippen LogP contribution >= 0.6 is 0 Å². The van der Waals surface area contributed by atoms with Crippen LogP contribution < -0.4 is 9.47 Å². The van der Waals surface area contributed by atoms with Crippen molar-refractivity contribution in [3.05, 3.63) is 103 Å². The molecular weight excluding hydrogens is 412 g/mol. The van der Waals surface area contributed by atoms with E-state index >= 15 is 0 Å². The molecule has 0 unspecified atom stereocenters. The highest BCUT2D eigenvalue weighted by atomic mass is 16.6. The summed E-state index contributed by atoms with van der Waals surface area (Å²) in [7, 11) is 3.13. The maximum absolute atomic E-state index is 10.8. The monoisotopic (exact) mass is 432 g/mol. The smallest absolute Gasteiger partial charge is 0.269 e. The molecule has 0 amide bonds. The van der Waals surface area contributed by atoms with Crippen molar-refractivity contribution in [1.29, 1.82) is 0 Å². The highest BCUT2D eigenvalue weighted by molar-refractivity contribution is 5.79. The predicted octanol–water partition coefficient (Wildman–Crippen LogP) is 5.86. The first-order chi connectivity index (χ1) is 15.4. The van der Waals surface area contributed by atoms with Crippen LogP contribution in [0.2, 0.25) is 0 Å². The zero-order chi connectivity index (χ0) is 23.1. The van der Waals surface area contributed by atoms with Gasteiger partial charge in [-0.25, -0.2) is 0 Å². The van der Waals surface area contributed by atoms with Crippen molar-refractivity contribution in [3.8, 4) is 11.5 Å². The number of nitro groups is 2. The molecule has 0 saturated carbocycles. The second-order valence-corrected chi connectivity index (χ2v) is 6.70. The van der Waals surface area contributed by atoms with E-state index in [1.54, 1.807) is 38.5 Å². The standard InChI is InChI=1S/C24H20N2O6/c1-31-23-15-20(10-4-18-7-13-22(14-8-18)26(29)30)24(32-2)16-19(23)9-3-17-5-11-21(12-6-17)25(27)28/h3-16H,1-2H3/b9-3+,10-4+. The third-order valence-corrected chi connectivity index (χ3v) is 4.70. The molecule has 0 spiro atoms. The van der Waals surface area contributed by atoms with Gasteiger partial charge >= 0.3 is 0 Å². The molecule has 0 aromatic heterocycles. The van der Waals surface area contributed by atoms with E-state index in [-0.39, 0.29) is 11.4 Å². The average Bonchev–Trinajstić information content (AvgIpc) is 2.81. The molecule has 3 rings (SSSR count). The van der Waals surface area contributed by atoms with E-state index in [2.05, 4.69) is 0 Å². The van der Waals surface area contributed by atoms with Gasteiger partial charge in [0, 0.05) is 35.4 Å². The molecule has 0 heterocycles. The minimum atomic E-state index is -0.440. The minimum absolute atomic E-state index is 0.0329. The van der Waals surface area contributed by atoms with Crippen LogP contribution in [-0.2, 0) is 0 Å². The van der Waals surface area contributed by atoms with Crippen LogP contribution in [0, 0.1) is 20.2 Å². The normalized spacial score (nSPS) is 11.1. The molecule has 0 saturated heterocycles. The summed E-state index contributed by atoms with van der Waals surface area (Å²) in [6.45, 7) is 0. The zero-order valence-corrected chi connectivity index (χ0v) is 17.4. The van der Waals surface area contributed by atoms with E-state index in [9.17, 15) is 20.2 Å². The van der Waals surface area contributed by atoms with Crippen molar-refractivity contribution in [1.82, 2.24) is 0 Å². The Balaban J connectivity index is 1.86. The van der Waals surface area contributed by atoms with Gasteiger partial charge in [0.25, 0.3) is 11.4 Å². The Labute approximate surface area is 184 Å². The topological polar surface area (TPSA) is 105 Å². The van der Waals surface area contributed by atoms with E-state index in [1.807, 2.05) is 36.4 Å². The van der Waals surface area contributed by atoms with Gasteiger partial charge in [0.15, 0.2) is 0 Å². The maximum atomic E-state index is 10.8. The molecule has 0 radical (unpaired) electrons. The molecular formula is C24H20N2O6. The second kappa shape index (κ2) is 10.0. The number of nitro benzene ring substituents is 2. The molecule has 0 N–H and O–H groups in total. The number of methoxy groups -OCH3 is 2. The highest BCUT2D eigenvalue weighted by Crippen LogP contribution is 2.32. The lowest BCUT2D eigenvalue weighted by Gasteiger charge is -2.11. The summed E-state index contributed by atoms with van der Waals surface area (Å²) >= 11 is 0. The molecule has 0 atom stereocenters. The van der Waals surface area contributed by atoms with E-state index in [4.69, 9.17) is 9.47 Å². The quantitative estimate of drug-likeness (QED) is 0.251. The number of hydrogen-bond acceptors (Lipinski definition) is 6. The van der Waals surface area contributed by atoms with E-state index in [1.165, 1.54) is 24.3 Å². The van der Waals surface area contributed by atoms with Gasteiger partial charge in [0.1, 0.15) is 11.5 Å². The van der Waals surface area contributed by atoms with Crippen LogP contribution in [0.25, 0.3) is 24.3 Å². The molecule has 0 aliphatic heterocycles. The third-order valence-electron chi connectivity index (χ3n) is 4.70. The molecule has 0 fully saturated rings. The number of rotatable bonds is 8. The van der Waals surface area contributed by atoms with Crippen LogP contribution in [0.1, 0.15) is 22.3 Å². The van der Waals surface area contributed by atoms with Gasteiger partial charge in [0.2, 0.25) is 0 Å². The maximum Gasteiger partial charge on any atom is 0.269 e. The molecule has 32 heavy (non-hydrogen) atoms. The molecule has 0 aliphatic rings. The van der Waals surface area contributed by atoms with Crippen LogP contribution in [0.5, 0.6) is 11.5 Å². The number of nitrogens with zero attached hydrogens (tertiary/aromatic N) is 2. The van der Waals surface area contributed by atoms with Crippen LogP contribution in [0.15, 0.2) is 60.7 Å². The van der Waals surface area contributed by atoms with Gasteiger partial charge in [-0.15, -0.1) is 0 Å². The van der Waals surface area contributed by atoms with E-state index in [0.717, 1.165) is 22.3 Å². The van der Waals surface area contributed by atoms with Crippen molar-refractivity contribution >= 4 is 35.7 Å². The molecule has 162 valence electrons. The van der Waals surface area contributed by atoms with Crippen molar-refractivity contribution in [2.45, 2.75) is 0 Å². The Morgan fingerprint density at radius 2 is 0.969 bits per heavy atom. The SMILES string of the molecule is COc1cc(/C=C/c2ccc([N+](=O)[O-])cc2)c(OC)cc1/C=C/c1ccc([N+](=O)[O-])cc1. The molecule has 3 aromatic carbocycles. The Hall–Kier alpha value is -4.46. The first-order valence-corrected chi connectivity index (χ1v) is 9.52. The largest absolute Gasteiger partial charge is 0.496 e. The molecule has 3 aromatic rings. The Morgan fingerprint density at radius 1 is 0.625 bits per heavy atom. The molecule has 0 aliphatic carbocycles. The van der Waals surface area contributed by atoms with Crippen LogP contribution in [-0.4, -0.2) is 24.1 Å². The van der Waals surface area contributed by atoms with Gasteiger partial charge in [-0.3, -0.25) is 20.2 Å². The first kappa shape index (κ1) is 22.2. The van der Waals surface area contributed by atoms with Gasteiger partial charge < -0.3 is 9.47 Å². The molecule has 0 bridgehead atoms. The van der Waals surface area contributed by atoms with Crippen LogP contribution in [0.3, 0.4) is 0 Å². The average molecular weight is 432 g/mol. The van der Waals surface area contributed by atoms with Gasteiger partial charge in [-0.2, -0.15) is 0 Å². The molecule has 8 nitrogen and oxygen atoms in total. The second-order valence-electron chi connectivity index (χ2n) is 6.70. The van der Waals surface area contributed by atoms with Gasteiger partial charge in [0.05, 0.1) is 24.1 Å². The van der Waals surface area contributed by atoms with Crippen molar-refractivity contribution in [2.24, 2.45) is 0 Å². The summed E-state index contributed by atoms with van der Waals surface area (Å²) in [5.74, 6) is 1.24. The summed E-state index contributed by atoms with van der Waals surface area (Å²) in [6.07, 6.45) is 7.33. The number of non-ortho nitro benzene ring substituents is 2. The third kappa shape index (κ3) is 5.37. The fraction of sp³-hybridized carbons (Fsp3) is 0.0833. The van der Waals surface area contributed by atoms with E-state index < -0.39 is 9.85 Å². The fourth-order valence-corrected chi connectivity index (χ4v) is 2.99. The lowest BCUT2D eigenvalue weighted by atomic mass is 10.1. The van der Waals surface area contributed by atoms with Gasteiger partial charge in [-0.05, 0) is 47.5 Å². The fourth-order valence-electron chi connectivity index (χ4n) is 2.99. The zero-order valence-electron chi connectivity index (χ0n) is 17.4. The summed E-state index contributed by atoms with van der Waals surface area (Å²) in [5, 5.41) is 21.6. The van der Waals surface area contributed by atoms with Crippen molar-refractivity contribution in [2.75, 3.05) is 14.2 Å².